The molecule has 12 heteroatoms. The maximum Gasteiger partial charge on any atom is 0.397 e. The van der Waals surface area contributed by atoms with Crippen LogP contribution in [0.1, 0.15) is 61.4 Å². The van der Waals surface area contributed by atoms with Crippen molar-refractivity contribution in [1.29, 1.82) is 5.26 Å². The van der Waals surface area contributed by atoms with Crippen LogP contribution < -0.4 is 10.6 Å². The van der Waals surface area contributed by atoms with Crippen LogP contribution in [0, 0.1) is 23.2 Å². The van der Waals surface area contributed by atoms with Crippen LogP contribution in [0.4, 0.5) is 24.5 Å². The number of anilines is 2. The zero-order valence-corrected chi connectivity index (χ0v) is 24.1. The van der Waals surface area contributed by atoms with Crippen LogP contribution >= 0.6 is 0 Å². The summed E-state index contributed by atoms with van der Waals surface area (Å²) in [5.41, 5.74) is 2.93. The molecule has 0 unspecified atom stereocenters. The molecule has 2 atom stereocenters. The fourth-order valence-corrected chi connectivity index (χ4v) is 5.35. The van der Waals surface area contributed by atoms with Crippen molar-refractivity contribution < 1.29 is 32.2 Å². The second kappa shape index (κ2) is 13.7. The van der Waals surface area contributed by atoms with Gasteiger partial charge in [-0.3, -0.25) is 9.59 Å². The van der Waals surface area contributed by atoms with Crippen LogP contribution in [0.3, 0.4) is 0 Å². The molecule has 0 radical (unpaired) electrons. The van der Waals surface area contributed by atoms with Crippen molar-refractivity contribution in [3.63, 3.8) is 0 Å². The maximum atomic E-state index is 14.1. The normalized spacial score (nSPS) is 18.3. The number of hydrogen-bond donors (Lipinski definition) is 2. The third-order valence-corrected chi connectivity index (χ3v) is 7.86. The summed E-state index contributed by atoms with van der Waals surface area (Å²) in [5, 5.41) is 19.4. The molecule has 1 saturated carbocycles. The van der Waals surface area contributed by atoms with Crippen molar-refractivity contribution in [2.75, 3.05) is 26.1 Å². The summed E-state index contributed by atoms with van der Waals surface area (Å²) in [4.78, 5) is 24.4. The Balaban J connectivity index is 1.46. The standard InChI is InChI=1S/C31H34F3N5O4/c1-19(42-2)28-27(18-37-39(28)25-6-4-5-20(15-25)16-35)38-24-13-11-21(12-14-24)26(31(32,33)34)17-36-29(40)22-7-9-23(10-8-22)30(41)43-3/h4-6,11-15,18-19,22-23,26,38H,7-10,17H2,1-3H3,(H,36,40)/t19-,22?,23?,26+/m0/s1. The molecule has 0 saturated heterocycles. The number of nitriles is 1. The third-order valence-electron chi connectivity index (χ3n) is 7.86. The molecule has 9 nitrogen and oxygen atoms in total. The molecule has 2 N–H and O–H groups in total. The highest BCUT2D eigenvalue weighted by Crippen LogP contribution is 2.36. The fraction of sp³-hybridized carbons (Fsp3) is 0.419. The minimum absolute atomic E-state index is 0.0160. The van der Waals surface area contributed by atoms with Gasteiger partial charge in [-0.05, 0) is 68.5 Å². The number of aromatic nitrogens is 2. The number of halogens is 3. The quantitative estimate of drug-likeness (QED) is 0.278. The smallest absolute Gasteiger partial charge is 0.397 e. The summed E-state index contributed by atoms with van der Waals surface area (Å²) >= 11 is 0. The predicted molar refractivity (Wildman–Crippen MR) is 153 cm³/mol. The van der Waals surface area contributed by atoms with E-state index in [-0.39, 0.29) is 17.5 Å². The zero-order valence-electron chi connectivity index (χ0n) is 24.1. The first-order valence-electron chi connectivity index (χ1n) is 14.0. The van der Waals surface area contributed by atoms with Gasteiger partial charge in [0, 0.05) is 25.3 Å². The van der Waals surface area contributed by atoms with Gasteiger partial charge in [-0.15, -0.1) is 0 Å². The topological polar surface area (TPSA) is 118 Å². The van der Waals surface area contributed by atoms with Crippen LogP contribution in [0.15, 0.2) is 54.7 Å². The van der Waals surface area contributed by atoms with Crippen molar-refractivity contribution in [2.45, 2.75) is 50.8 Å². The first-order chi connectivity index (χ1) is 20.5. The minimum atomic E-state index is -4.58. The van der Waals surface area contributed by atoms with E-state index in [2.05, 4.69) is 21.8 Å². The van der Waals surface area contributed by atoms with Crippen molar-refractivity contribution in [2.24, 2.45) is 11.8 Å². The molecule has 228 valence electrons. The van der Waals surface area contributed by atoms with E-state index < -0.39 is 36.6 Å². The number of rotatable bonds is 10. The second-order valence-corrected chi connectivity index (χ2v) is 10.6. The van der Waals surface area contributed by atoms with Crippen LogP contribution in [-0.4, -0.2) is 48.6 Å². The van der Waals surface area contributed by atoms with E-state index >= 15 is 0 Å². The Morgan fingerprint density at radius 3 is 2.37 bits per heavy atom. The highest BCUT2D eigenvalue weighted by atomic mass is 19.4. The molecular formula is C31H34F3N5O4. The predicted octanol–water partition coefficient (Wildman–Crippen LogP) is 5.94. The van der Waals surface area contributed by atoms with Crippen LogP contribution in [0.2, 0.25) is 0 Å². The molecule has 0 aliphatic heterocycles. The Bertz CT molecular complexity index is 1460. The Morgan fingerprint density at radius 2 is 1.77 bits per heavy atom. The van der Waals surface area contributed by atoms with E-state index in [1.54, 1.807) is 48.3 Å². The molecule has 1 amide bonds. The average Bonchev–Trinajstić information content (AvgIpc) is 3.43. The number of nitrogens with zero attached hydrogens (tertiary/aromatic N) is 3. The molecular weight excluding hydrogens is 563 g/mol. The SMILES string of the molecule is COC(=O)C1CCC(C(=O)NC[C@H](c2ccc(Nc3cnn(-c4cccc(C#N)c4)c3[C@H](C)OC)cc2)C(F)(F)F)CC1. The van der Waals surface area contributed by atoms with Gasteiger partial charge in [0.1, 0.15) is 0 Å². The highest BCUT2D eigenvalue weighted by Gasteiger charge is 2.41. The molecule has 0 bridgehead atoms. The number of amides is 1. The lowest BCUT2D eigenvalue weighted by Crippen LogP contribution is -2.39. The monoisotopic (exact) mass is 597 g/mol. The van der Waals surface area contributed by atoms with Gasteiger partial charge in [0.15, 0.2) is 0 Å². The van der Waals surface area contributed by atoms with E-state index in [4.69, 9.17) is 9.47 Å². The number of nitrogens with one attached hydrogen (secondary N) is 2. The summed E-state index contributed by atoms with van der Waals surface area (Å²) in [6.07, 6.45) is -1.60. The van der Waals surface area contributed by atoms with Crippen molar-refractivity contribution in [3.05, 3.63) is 71.5 Å². The van der Waals surface area contributed by atoms with Gasteiger partial charge < -0.3 is 20.1 Å². The maximum absolute atomic E-state index is 14.1. The Kier molecular flexibility index (Phi) is 10.1. The van der Waals surface area contributed by atoms with Gasteiger partial charge in [-0.2, -0.15) is 23.5 Å². The Labute approximate surface area is 248 Å². The number of alkyl halides is 3. The van der Waals surface area contributed by atoms with E-state index in [1.807, 2.05) is 13.0 Å². The van der Waals surface area contributed by atoms with Gasteiger partial charge in [0.2, 0.25) is 5.91 Å². The average molecular weight is 598 g/mol. The number of methoxy groups -OCH3 is 2. The van der Waals surface area contributed by atoms with Crippen LogP contribution in [-0.2, 0) is 19.1 Å². The van der Waals surface area contributed by atoms with E-state index in [1.165, 1.54) is 19.2 Å². The molecule has 1 aromatic heterocycles. The van der Waals surface area contributed by atoms with Gasteiger partial charge in [-0.1, -0.05) is 18.2 Å². The lowest BCUT2D eigenvalue weighted by atomic mass is 9.81. The first-order valence-corrected chi connectivity index (χ1v) is 14.0. The van der Waals surface area contributed by atoms with Gasteiger partial charge in [0.05, 0.1) is 59.9 Å². The molecule has 3 aromatic rings. The summed E-state index contributed by atoms with van der Waals surface area (Å²) < 4.78 is 54.1. The van der Waals surface area contributed by atoms with Crippen molar-refractivity contribution in [1.82, 2.24) is 15.1 Å². The summed E-state index contributed by atoms with van der Waals surface area (Å²) in [5.74, 6) is -3.36. The lowest BCUT2D eigenvalue weighted by Gasteiger charge is -2.27. The summed E-state index contributed by atoms with van der Waals surface area (Å²) in [6.45, 7) is 1.25. The van der Waals surface area contributed by atoms with Crippen LogP contribution in [0.5, 0.6) is 0 Å². The molecule has 1 heterocycles. The van der Waals surface area contributed by atoms with E-state index in [9.17, 15) is 28.0 Å². The number of esters is 1. The first kappa shape index (κ1) is 31.6. The largest absolute Gasteiger partial charge is 0.469 e. The molecule has 4 rings (SSSR count). The molecule has 0 spiro atoms. The van der Waals surface area contributed by atoms with Crippen molar-refractivity contribution in [3.8, 4) is 11.8 Å². The Hall–Kier alpha value is -4.37. The number of benzene rings is 2. The summed E-state index contributed by atoms with van der Waals surface area (Å²) in [7, 11) is 2.86. The highest BCUT2D eigenvalue weighted by molar-refractivity contribution is 5.79. The van der Waals surface area contributed by atoms with Gasteiger partial charge in [0.25, 0.3) is 0 Å². The zero-order chi connectivity index (χ0) is 31.1. The molecule has 1 aliphatic rings. The minimum Gasteiger partial charge on any atom is -0.469 e. The number of carbonyl (C=O) groups is 2. The lowest BCUT2D eigenvalue weighted by molar-refractivity contribution is -0.152. The Morgan fingerprint density at radius 1 is 1.09 bits per heavy atom. The molecule has 1 aliphatic carbocycles. The van der Waals surface area contributed by atoms with E-state index in [0.717, 1.165) is 0 Å². The van der Waals surface area contributed by atoms with Crippen LogP contribution in [0.25, 0.3) is 5.69 Å². The number of ether oxygens (including phenoxy) is 2. The third kappa shape index (κ3) is 7.53. The fourth-order valence-electron chi connectivity index (χ4n) is 5.35. The molecule has 43 heavy (non-hydrogen) atoms. The second-order valence-electron chi connectivity index (χ2n) is 10.6. The van der Waals surface area contributed by atoms with Crippen molar-refractivity contribution >= 4 is 23.3 Å². The molecule has 2 aromatic carbocycles. The van der Waals surface area contributed by atoms with Gasteiger partial charge in [-0.25, -0.2) is 4.68 Å². The number of hydrogen-bond acceptors (Lipinski definition) is 7. The molecule has 1 fully saturated rings. The van der Waals surface area contributed by atoms with Gasteiger partial charge >= 0.3 is 12.1 Å². The summed E-state index contributed by atoms with van der Waals surface area (Å²) in [6, 6.07) is 14.9. The number of carbonyl (C=O) groups excluding carboxylic acids is 2. The van der Waals surface area contributed by atoms with E-state index in [0.29, 0.717) is 54.0 Å².